The molecule has 0 amide bonds. The molecule has 1 saturated carbocycles. The van der Waals surface area contributed by atoms with Gasteiger partial charge in [0.15, 0.2) is 34.7 Å². The largest absolute Gasteiger partial charge is 0.491 e. The van der Waals surface area contributed by atoms with E-state index in [2.05, 4.69) is 0 Å². The standard InChI is InChI=1S/C29H27F5O4/c1-3-36-23-13-10-19(25(31)27(23)33)16-5-7-17(8-6-16)29(35)38-22-12-9-18(15-21(22)30)20-11-14-24(37-4-2)28(34)26(20)32/h9-17H,3-8H2,1-2H3. The summed E-state index contributed by atoms with van der Waals surface area (Å²) in [5.41, 5.74) is 0.128. The summed E-state index contributed by atoms with van der Waals surface area (Å²) in [4.78, 5) is 12.7. The average Bonchev–Trinajstić information content (AvgIpc) is 2.91. The number of rotatable bonds is 8. The molecule has 0 N–H and O–H groups in total. The Hall–Kier alpha value is -3.62. The van der Waals surface area contributed by atoms with Gasteiger partial charge >= 0.3 is 5.97 Å². The molecule has 0 heterocycles. The van der Waals surface area contributed by atoms with Crippen LogP contribution in [0.5, 0.6) is 17.2 Å². The minimum Gasteiger partial charge on any atom is -0.491 e. The van der Waals surface area contributed by atoms with Crippen molar-refractivity contribution < 1.29 is 41.0 Å². The first-order valence-corrected chi connectivity index (χ1v) is 12.5. The number of ether oxygens (including phenoxy) is 3. The predicted molar refractivity (Wildman–Crippen MR) is 131 cm³/mol. The molecule has 0 saturated heterocycles. The molecule has 3 aromatic rings. The van der Waals surface area contributed by atoms with Crippen LogP contribution in [0.2, 0.25) is 0 Å². The lowest BCUT2D eigenvalue weighted by atomic mass is 9.78. The zero-order valence-electron chi connectivity index (χ0n) is 21.0. The molecule has 0 aliphatic heterocycles. The highest BCUT2D eigenvalue weighted by atomic mass is 19.2. The minimum atomic E-state index is -1.18. The second-order valence-corrected chi connectivity index (χ2v) is 9.00. The normalized spacial score (nSPS) is 17.2. The molecule has 0 unspecified atom stereocenters. The van der Waals surface area contributed by atoms with Crippen molar-refractivity contribution in [1.82, 2.24) is 0 Å². The van der Waals surface area contributed by atoms with Crippen LogP contribution in [0.3, 0.4) is 0 Å². The highest BCUT2D eigenvalue weighted by Gasteiger charge is 2.31. The fourth-order valence-electron chi connectivity index (χ4n) is 4.73. The highest BCUT2D eigenvalue weighted by molar-refractivity contribution is 5.76. The molecular weight excluding hydrogens is 507 g/mol. The summed E-state index contributed by atoms with van der Waals surface area (Å²) >= 11 is 0. The summed E-state index contributed by atoms with van der Waals surface area (Å²) in [7, 11) is 0. The van der Waals surface area contributed by atoms with Gasteiger partial charge in [-0.05, 0) is 86.9 Å². The molecule has 4 rings (SSSR count). The second-order valence-electron chi connectivity index (χ2n) is 9.00. The van der Waals surface area contributed by atoms with Gasteiger partial charge < -0.3 is 14.2 Å². The van der Waals surface area contributed by atoms with Gasteiger partial charge in [0.25, 0.3) is 0 Å². The second kappa shape index (κ2) is 11.8. The summed E-state index contributed by atoms with van der Waals surface area (Å²) in [5, 5.41) is 0. The van der Waals surface area contributed by atoms with Crippen molar-refractivity contribution >= 4 is 5.97 Å². The third-order valence-corrected chi connectivity index (χ3v) is 6.68. The molecule has 0 spiro atoms. The van der Waals surface area contributed by atoms with Crippen LogP contribution in [0.25, 0.3) is 11.1 Å². The zero-order valence-corrected chi connectivity index (χ0v) is 21.0. The maximum Gasteiger partial charge on any atom is 0.314 e. The topological polar surface area (TPSA) is 44.8 Å². The van der Waals surface area contributed by atoms with Crippen molar-refractivity contribution in [3.8, 4) is 28.4 Å². The minimum absolute atomic E-state index is 0.0619. The van der Waals surface area contributed by atoms with E-state index in [1.165, 1.54) is 36.4 Å². The first-order chi connectivity index (χ1) is 18.2. The van der Waals surface area contributed by atoms with E-state index in [-0.39, 0.29) is 53.1 Å². The molecule has 0 radical (unpaired) electrons. The SMILES string of the molecule is CCOc1ccc(-c2ccc(OC(=O)C3CCC(c4ccc(OCC)c(F)c4F)CC3)c(F)c2)c(F)c1F. The van der Waals surface area contributed by atoms with Crippen LogP contribution < -0.4 is 14.2 Å². The Morgan fingerprint density at radius 2 is 1.32 bits per heavy atom. The summed E-state index contributed by atoms with van der Waals surface area (Å²) in [6, 6.07) is 8.90. The molecule has 3 aromatic carbocycles. The fraction of sp³-hybridized carbons (Fsp3) is 0.345. The van der Waals surface area contributed by atoms with Crippen LogP contribution in [-0.4, -0.2) is 19.2 Å². The van der Waals surface area contributed by atoms with Gasteiger partial charge in [-0.25, -0.2) is 13.2 Å². The number of hydrogen-bond donors (Lipinski definition) is 0. The van der Waals surface area contributed by atoms with Crippen LogP contribution in [-0.2, 0) is 4.79 Å². The van der Waals surface area contributed by atoms with Crippen molar-refractivity contribution in [2.45, 2.75) is 45.4 Å². The van der Waals surface area contributed by atoms with Gasteiger partial charge in [-0.15, -0.1) is 0 Å². The van der Waals surface area contributed by atoms with E-state index in [9.17, 15) is 26.7 Å². The molecule has 1 aliphatic rings. The fourth-order valence-corrected chi connectivity index (χ4v) is 4.73. The van der Waals surface area contributed by atoms with Gasteiger partial charge in [-0.1, -0.05) is 12.1 Å². The molecule has 0 atom stereocenters. The third-order valence-electron chi connectivity index (χ3n) is 6.68. The number of carbonyl (C=O) groups is 1. The quantitative estimate of drug-likeness (QED) is 0.169. The summed E-state index contributed by atoms with van der Waals surface area (Å²) in [6.45, 7) is 3.68. The van der Waals surface area contributed by atoms with E-state index in [0.29, 0.717) is 25.7 Å². The van der Waals surface area contributed by atoms with Crippen molar-refractivity contribution in [1.29, 1.82) is 0 Å². The number of hydrogen-bond acceptors (Lipinski definition) is 4. The Morgan fingerprint density at radius 3 is 1.92 bits per heavy atom. The van der Waals surface area contributed by atoms with E-state index in [1.54, 1.807) is 13.8 Å². The zero-order chi connectivity index (χ0) is 27.4. The Bertz CT molecular complexity index is 1320. The molecule has 1 fully saturated rings. The van der Waals surface area contributed by atoms with Gasteiger partial charge in [0.05, 0.1) is 19.1 Å². The van der Waals surface area contributed by atoms with Crippen LogP contribution in [0.15, 0.2) is 42.5 Å². The smallest absolute Gasteiger partial charge is 0.314 e. The molecule has 4 nitrogen and oxygen atoms in total. The van der Waals surface area contributed by atoms with Crippen LogP contribution in [0, 0.1) is 35.0 Å². The number of esters is 1. The van der Waals surface area contributed by atoms with Gasteiger partial charge in [-0.3, -0.25) is 4.79 Å². The summed E-state index contributed by atoms with van der Waals surface area (Å²) < 4.78 is 87.7. The van der Waals surface area contributed by atoms with E-state index in [1.807, 2.05) is 0 Å². The van der Waals surface area contributed by atoms with Crippen molar-refractivity contribution in [2.75, 3.05) is 13.2 Å². The first-order valence-electron chi connectivity index (χ1n) is 12.5. The van der Waals surface area contributed by atoms with E-state index < -0.39 is 41.0 Å². The van der Waals surface area contributed by atoms with Crippen molar-refractivity contribution in [3.63, 3.8) is 0 Å². The molecule has 9 heteroatoms. The van der Waals surface area contributed by atoms with Crippen molar-refractivity contribution in [2.24, 2.45) is 5.92 Å². The van der Waals surface area contributed by atoms with E-state index in [4.69, 9.17) is 14.2 Å². The number of halogens is 5. The summed E-state index contributed by atoms with van der Waals surface area (Å²) in [6.07, 6.45) is 1.56. The Balaban J connectivity index is 1.40. The molecule has 1 aliphatic carbocycles. The Morgan fingerprint density at radius 1 is 0.737 bits per heavy atom. The van der Waals surface area contributed by atoms with Crippen LogP contribution >= 0.6 is 0 Å². The maximum atomic E-state index is 14.7. The number of carbonyl (C=O) groups excluding carboxylic acids is 1. The third kappa shape index (κ3) is 5.61. The van der Waals surface area contributed by atoms with Gasteiger partial charge in [0, 0.05) is 5.56 Å². The lowest BCUT2D eigenvalue weighted by Crippen LogP contribution is -2.25. The van der Waals surface area contributed by atoms with Crippen molar-refractivity contribution in [3.05, 3.63) is 77.1 Å². The molecule has 0 aromatic heterocycles. The molecule has 0 bridgehead atoms. The Kier molecular flexibility index (Phi) is 8.54. The number of benzene rings is 3. The van der Waals surface area contributed by atoms with Gasteiger partial charge in [-0.2, -0.15) is 8.78 Å². The first kappa shape index (κ1) is 27.4. The summed E-state index contributed by atoms with van der Waals surface area (Å²) in [5.74, 6) is -7.44. The lowest BCUT2D eigenvalue weighted by molar-refractivity contribution is -0.140. The lowest BCUT2D eigenvalue weighted by Gasteiger charge is -2.28. The van der Waals surface area contributed by atoms with Gasteiger partial charge in [0.2, 0.25) is 11.6 Å². The maximum absolute atomic E-state index is 14.7. The Labute approximate surface area is 217 Å². The van der Waals surface area contributed by atoms with E-state index in [0.717, 1.165) is 6.07 Å². The molecular formula is C29H27F5O4. The van der Waals surface area contributed by atoms with E-state index >= 15 is 0 Å². The predicted octanol–water partition coefficient (Wildman–Crippen LogP) is 7.73. The van der Waals surface area contributed by atoms with Gasteiger partial charge in [0.1, 0.15) is 0 Å². The van der Waals surface area contributed by atoms with Crippen LogP contribution in [0.4, 0.5) is 22.0 Å². The monoisotopic (exact) mass is 534 g/mol. The van der Waals surface area contributed by atoms with Crippen LogP contribution in [0.1, 0.15) is 51.0 Å². The highest BCUT2D eigenvalue weighted by Crippen LogP contribution is 2.39. The average molecular weight is 535 g/mol. The molecule has 38 heavy (non-hydrogen) atoms. The molecule has 202 valence electrons.